The van der Waals surface area contributed by atoms with Crippen LogP contribution >= 0.6 is 11.6 Å². The number of nitrogens with one attached hydrogen (secondary N) is 1. The van der Waals surface area contributed by atoms with Gasteiger partial charge in [-0.1, -0.05) is 11.6 Å². The molecule has 0 radical (unpaired) electrons. The summed E-state index contributed by atoms with van der Waals surface area (Å²) in [4.78, 5) is 11.5. The van der Waals surface area contributed by atoms with Gasteiger partial charge in [0.2, 0.25) is 5.95 Å². The van der Waals surface area contributed by atoms with Crippen molar-refractivity contribution in [2.75, 3.05) is 12.5 Å². The Hall–Kier alpha value is -2.19. The fourth-order valence-corrected chi connectivity index (χ4v) is 1.36. The van der Waals surface area contributed by atoms with Crippen LogP contribution in [0.4, 0.5) is 10.3 Å². The minimum absolute atomic E-state index is 0.0196. The molecule has 19 heavy (non-hydrogen) atoms. The van der Waals surface area contributed by atoms with E-state index >= 15 is 0 Å². The molecule has 0 bridgehead atoms. The lowest BCUT2D eigenvalue weighted by molar-refractivity contribution is 0.360. The molecule has 0 saturated carbocycles. The van der Waals surface area contributed by atoms with Crippen LogP contribution in [0.2, 0.25) is 5.02 Å². The highest BCUT2D eigenvalue weighted by molar-refractivity contribution is 6.30. The van der Waals surface area contributed by atoms with Crippen molar-refractivity contribution < 1.29 is 13.9 Å². The minimum Gasteiger partial charge on any atom is -0.467 e. The van der Waals surface area contributed by atoms with Crippen molar-refractivity contribution in [1.82, 2.24) is 15.0 Å². The van der Waals surface area contributed by atoms with E-state index in [1.807, 2.05) is 0 Å². The maximum atomic E-state index is 13.0. The van der Waals surface area contributed by atoms with Gasteiger partial charge < -0.3 is 9.47 Å². The van der Waals surface area contributed by atoms with Crippen molar-refractivity contribution in [1.29, 1.82) is 0 Å². The zero-order valence-corrected chi connectivity index (χ0v) is 10.5. The zero-order chi connectivity index (χ0) is 13.8. The average molecular weight is 286 g/mol. The lowest BCUT2D eigenvalue weighted by Crippen LogP contribution is -2.12. The summed E-state index contributed by atoms with van der Waals surface area (Å²) in [5.41, 5.74) is 2.24. The topological polar surface area (TPSA) is 95.2 Å². The number of aromatic nitrogens is 3. The molecule has 1 aromatic carbocycles. The van der Waals surface area contributed by atoms with Crippen LogP contribution in [0.1, 0.15) is 0 Å². The van der Waals surface area contributed by atoms with E-state index in [0.717, 1.165) is 6.07 Å². The van der Waals surface area contributed by atoms with Crippen LogP contribution in [0.5, 0.6) is 17.8 Å². The second-order valence-corrected chi connectivity index (χ2v) is 3.66. The van der Waals surface area contributed by atoms with Crippen LogP contribution in [0.15, 0.2) is 18.2 Å². The van der Waals surface area contributed by atoms with Gasteiger partial charge in [-0.05, 0) is 12.1 Å². The van der Waals surface area contributed by atoms with E-state index in [9.17, 15) is 4.39 Å². The summed E-state index contributed by atoms with van der Waals surface area (Å²) in [6, 6.07) is 3.79. The predicted molar refractivity (Wildman–Crippen MR) is 65.7 cm³/mol. The van der Waals surface area contributed by atoms with E-state index in [-0.39, 0.29) is 28.7 Å². The zero-order valence-electron chi connectivity index (χ0n) is 9.72. The fraction of sp³-hybridized carbons (Fsp3) is 0.100. The van der Waals surface area contributed by atoms with Crippen molar-refractivity contribution in [3.05, 3.63) is 29.0 Å². The highest BCUT2D eigenvalue weighted by Crippen LogP contribution is 2.25. The van der Waals surface area contributed by atoms with E-state index in [1.165, 1.54) is 19.2 Å². The first-order chi connectivity index (χ1) is 9.12. The molecule has 7 nitrogen and oxygen atoms in total. The van der Waals surface area contributed by atoms with Gasteiger partial charge >= 0.3 is 12.0 Å². The summed E-state index contributed by atoms with van der Waals surface area (Å²) in [6.45, 7) is 0. The molecule has 0 atom stereocenters. The van der Waals surface area contributed by atoms with E-state index in [2.05, 4.69) is 20.4 Å². The minimum atomic E-state index is -0.549. The molecule has 0 saturated heterocycles. The smallest absolute Gasteiger partial charge is 0.330 e. The average Bonchev–Trinajstić information content (AvgIpc) is 2.42. The maximum Gasteiger partial charge on any atom is 0.330 e. The summed E-state index contributed by atoms with van der Waals surface area (Å²) in [5, 5.41) is -0.0734. The number of halogens is 2. The predicted octanol–water partition coefficient (Wildman–Crippen LogP) is 1.75. The molecule has 1 heterocycles. The van der Waals surface area contributed by atoms with Crippen LogP contribution in [-0.4, -0.2) is 22.1 Å². The maximum absolute atomic E-state index is 13.0. The Morgan fingerprint density at radius 2 is 2.00 bits per heavy atom. The molecule has 0 unspecified atom stereocenters. The first kappa shape index (κ1) is 13.2. The standard InChI is InChI=1S/C10H9ClFN5O2/c1-18-9-14-8(17-13)15-10(16-9)19-5-2-3-7(12)6(11)4-5/h2-4H,13H2,1H3,(H,14,15,16,17). The lowest BCUT2D eigenvalue weighted by atomic mass is 10.3. The molecule has 0 aliphatic heterocycles. The summed E-state index contributed by atoms with van der Waals surface area (Å²) in [6.07, 6.45) is 0. The number of anilines is 1. The van der Waals surface area contributed by atoms with Gasteiger partial charge in [0.1, 0.15) is 11.6 Å². The molecule has 2 aromatic rings. The normalized spacial score (nSPS) is 10.1. The van der Waals surface area contributed by atoms with E-state index in [1.54, 1.807) is 0 Å². The number of nitrogens with zero attached hydrogens (tertiary/aromatic N) is 3. The number of benzene rings is 1. The fourth-order valence-electron chi connectivity index (χ4n) is 1.19. The number of hydrogen-bond acceptors (Lipinski definition) is 7. The van der Waals surface area contributed by atoms with Gasteiger partial charge in [0.05, 0.1) is 12.1 Å². The van der Waals surface area contributed by atoms with E-state index < -0.39 is 5.82 Å². The van der Waals surface area contributed by atoms with Crippen molar-refractivity contribution in [3.8, 4) is 17.8 Å². The van der Waals surface area contributed by atoms with Crippen molar-refractivity contribution in [2.45, 2.75) is 0 Å². The van der Waals surface area contributed by atoms with Gasteiger partial charge in [-0.15, -0.1) is 4.98 Å². The molecule has 0 amide bonds. The summed E-state index contributed by atoms with van der Waals surface area (Å²) in [7, 11) is 1.38. The molecule has 0 aliphatic rings. The first-order valence-electron chi connectivity index (χ1n) is 5.02. The number of ether oxygens (including phenoxy) is 2. The highest BCUT2D eigenvalue weighted by atomic mass is 35.5. The molecule has 0 fully saturated rings. The quantitative estimate of drug-likeness (QED) is 0.652. The molecule has 1 aromatic heterocycles. The van der Waals surface area contributed by atoms with Gasteiger partial charge in [-0.3, -0.25) is 5.43 Å². The third-order valence-electron chi connectivity index (χ3n) is 2.01. The largest absolute Gasteiger partial charge is 0.467 e. The number of rotatable bonds is 4. The Balaban J connectivity index is 2.29. The number of nitrogens with two attached hydrogens (primary N) is 1. The summed E-state index contributed by atoms with van der Waals surface area (Å²) >= 11 is 5.63. The Morgan fingerprint density at radius 3 is 2.63 bits per heavy atom. The third kappa shape index (κ3) is 3.18. The van der Waals surface area contributed by atoms with Gasteiger partial charge in [0.15, 0.2) is 0 Å². The van der Waals surface area contributed by atoms with Crippen molar-refractivity contribution in [2.24, 2.45) is 5.84 Å². The Morgan fingerprint density at radius 1 is 1.26 bits per heavy atom. The van der Waals surface area contributed by atoms with Crippen LogP contribution in [0.3, 0.4) is 0 Å². The monoisotopic (exact) mass is 285 g/mol. The second-order valence-electron chi connectivity index (χ2n) is 3.25. The second kappa shape index (κ2) is 5.63. The Kier molecular flexibility index (Phi) is 3.93. The Bertz CT molecular complexity index is 576. The Labute approximate surface area is 112 Å². The van der Waals surface area contributed by atoms with Crippen LogP contribution in [0, 0.1) is 5.82 Å². The van der Waals surface area contributed by atoms with Crippen molar-refractivity contribution >= 4 is 17.5 Å². The molecular weight excluding hydrogens is 277 g/mol. The number of hydrazine groups is 1. The molecule has 2 rings (SSSR count). The molecule has 0 aliphatic carbocycles. The number of nitrogen functional groups attached to an aromatic ring is 1. The van der Waals surface area contributed by atoms with Crippen molar-refractivity contribution in [3.63, 3.8) is 0 Å². The van der Waals surface area contributed by atoms with Gasteiger partial charge in [-0.2, -0.15) is 9.97 Å². The van der Waals surface area contributed by atoms with Gasteiger partial charge in [0.25, 0.3) is 0 Å². The molecular formula is C10H9ClFN5O2. The lowest BCUT2D eigenvalue weighted by Gasteiger charge is -2.07. The van der Waals surface area contributed by atoms with E-state index in [4.69, 9.17) is 26.9 Å². The third-order valence-corrected chi connectivity index (χ3v) is 2.30. The summed E-state index contributed by atoms with van der Waals surface area (Å²) < 4.78 is 23.2. The van der Waals surface area contributed by atoms with Crippen LogP contribution in [0.25, 0.3) is 0 Å². The van der Waals surface area contributed by atoms with Gasteiger partial charge in [-0.25, -0.2) is 10.2 Å². The van der Waals surface area contributed by atoms with Crippen LogP contribution < -0.4 is 20.7 Å². The SMILES string of the molecule is COc1nc(NN)nc(Oc2ccc(F)c(Cl)c2)n1. The molecule has 100 valence electrons. The van der Waals surface area contributed by atoms with Gasteiger partial charge in [0, 0.05) is 6.07 Å². The van der Waals surface area contributed by atoms with Crippen LogP contribution in [-0.2, 0) is 0 Å². The first-order valence-corrected chi connectivity index (χ1v) is 5.39. The molecule has 0 spiro atoms. The molecule has 9 heteroatoms. The highest BCUT2D eigenvalue weighted by Gasteiger charge is 2.09. The summed E-state index contributed by atoms with van der Waals surface area (Å²) in [5.74, 6) is 4.98. The number of methoxy groups -OCH3 is 1. The molecule has 3 N–H and O–H groups in total. The number of hydrogen-bond donors (Lipinski definition) is 2. The van der Waals surface area contributed by atoms with E-state index in [0.29, 0.717) is 0 Å².